The number of nitrogens with zero attached hydrogens (tertiary/aromatic N) is 4. The minimum Gasteiger partial charge on any atom is -0.494 e. The molecule has 8 nitrogen and oxygen atoms in total. The molecule has 1 aliphatic rings. The summed E-state index contributed by atoms with van der Waals surface area (Å²) in [6.07, 6.45) is 3.46. The molecule has 0 spiro atoms. The molecule has 0 radical (unpaired) electrons. The number of hydrogen-bond donors (Lipinski definition) is 2. The van der Waals surface area contributed by atoms with Crippen molar-refractivity contribution in [2.24, 2.45) is 0 Å². The topological polar surface area (TPSA) is 110 Å². The summed E-state index contributed by atoms with van der Waals surface area (Å²) in [4.78, 5) is 20.9. The van der Waals surface area contributed by atoms with E-state index in [2.05, 4.69) is 16.1 Å². The molecule has 0 bridgehead atoms. The molecule has 156 valence electrons. The molecule has 0 amide bonds. The molecule has 0 atom stereocenters. The molecule has 0 saturated heterocycles. The lowest BCUT2D eigenvalue weighted by molar-refractivity contribution is 0.194. The van der Waals surface area contributed by atoms with E-state index in [0.717, 1.165) is 29.5 Å². The van der Waals surface area contributed by atoms with Crippen molar-refractivity contribution in [2.75, 3.05) is 7.11 Å². The summed E-state index contributed by atoms with van der Waals surface area (Å²) < 4.78 is 6.51. The summed E-state index contributed by atoms with van der Waals surface area (Å²) in [5, 5.41) is 23.2. The lowest BCUT2D eigenvalue weighted by Crippen LogP contribution is -2.09. The number of benzene rings is 1. The molecule has 3 aromatic heterocycles. The number of fused-ring (bicyclic) bond motifs is 2. The van der Waals surface area contributed by atoms with Crippen molar-refractivity contribution in [1.29, 1.82) is 0 Å². The van der Waals surface area contributed by atoms with E-state index in [-0.39, 0.29) is 6.61 Å². The van der Waals surface area contributed by atoms with Gasteiger partial charge in [-0.15, -0.1) is 0 Å². The molecule has 2 N–H and O–H groups in total. The average molecular weight is 416 g/mol. The molecular weight excluding hydrogens is 396 g/mol. The number of hydrogen-bond acceptors (Lipinski definition) is 6. The zero-order valence-electron chi connectivity index (χ0n) is 16.9. The fraction of sp³-hybridized carbons (Fsp3) is 0.217. The standard InChI is InChI=1S/C23H20N4O4/c1-31-19-10-18-22(25-21(19)17-7-3-5-13-4-2-6-16(13)17)20(26-27(18)23(29)30)14-8-9-15(12-28)24-11-14/h3,5,7-11,28H,2,4,6,12H2,1H3,(H,29,30). The Morgan fingerprint density at radius 1 is 1.19 bits per heavy atom. The third-order valence-electron chi connectivity index (χ3n) is 5.68. The fourth-order valence-corrected chi connectivity index (χ4v) is 4.21. The van der Waals surface area contributed by atoms with Crippen molar-refractivity contribution >= 4 is 17.1 Å². The molecule has 0 unspecified atom stereocenters. The highest BCUT2D eigenvalue weighted by Gasteiger charge is 2.24. The Labute approximate surface area is 177 Å². The highest BCUT2D eigenvalue weighted by Crippen LogP contribution is 2.39. The molecule has 1 aromatic carbocycles. The largest absolute Gasteiger partial charge is 0.494 e. The molecule has 0 fully saturated rings. The number of aliphatic hydroxyl groups excluding tert-OH is 1. The number of aromatic nitrogens is 4. The average Bonchev–Trinajstić information content (AvgIpc) is 3.42. The number of carboxylic acid groups (broad SMARTS) is 1. The Kier molecular flexibility index (Phi) is 4.63. The fourth-order valence-electron chi connectivity index (χ4n) is 4.21. The molecule has 4 aromatic rings. The van der Waals surface area contributed by atoms with Crippen LogP contribution in [0.5, 0.6) is 5.75 Å². The first-order valence-electron chi connectivity index (χ1n) is 9.99. The van der Waals surface area contributed by atoms with Crippen molar-refractivity contribution in [3.8, 4) is 28.3 Å². The van der Waals surface area contributed by atoms with E-state index in [0.29, 0.717) is 39.4 Å². The Hall–Kier alpha value is -3.78. The van der Waals surface area contributed by atoms with Gasteiger partial charge in [-0.05, 0) is 42.5 Å². The lowest BCUT2D eigenvalue weighted by atomic mass is 9.99. The Bertz CT molecular complexity index is 1310. The number of methoxy groups -OCH3 is 1. The maximum Gasteiger partial charge on any atom is 0.432 e. The summed E-state index contributed by atoms with van der Waals surface area (Å²) in [5.41, 5.74) is 6.56. The predicted molar refractivity (Wildman–Crippen MR) is 114 cm³/mol. The minimum absolute atomic E-state index is 0.177. The second-order valence-corrected chi connectivity index (χ2v) is 7.44. The third-order valence-corrected chi connectivity index (χ3v) is 5.68. The Morgan fingerprint density at radius 3 is 2.77 bits per heavy atom. The number of aliphatic hydroxyl groups is 1. The van der Waals surface area contributed by atoms with Crippen LogP contribution < -0.4 is 4.74 Å². The summed E-state index contributed by atoms with van der Waals surface area (Å²) in [6, 6.07) is 11.3. The monoisotopic (exact) mass is 416 g/mol. The first-order valence-corrected chi connectivity index (χ1v) is 9.99. The van der Waals surface area contributed by atoms with E-state index in [9.17, 15) is 15.0 Å². The number of aryl methyl sites for hydroxylation is 1. The van der Waals surface area contributed by atoms with Gasteiger partial charge in [0.25, 0.3) is 0 Å². The third kappa shape index (κ3) is 3.12. The van der Waals surface area contributed by atoms with Gasteiger partial charge >= 0.3 is 6.09 Å². The highest BCUT2D eigenvalue weighted by molar-refractivity contribution is 5.97. The predicted octanol–water partition coefficient (Wildman–Crippen LogP) is 3.68. The first kappa shape index (κ1) is 19.2. The van der Waals surface area contributed by atoms with Gasteiger partial charge in [0.1, 0.15) is 28.2 Å². The van der Waals surface area contributed by atoms with E-state index in [1.54, 1.807) is 31.5 Å². The molecule has 31 heavy (non-hydrogen) atoms. The van der Waals surface area contributed by atoms with Crippen LogP contribution in [0.15, 0.2) is 42.6 Å². The van der Waals surface area contributed by atoms with Gasteiger partial charge in [0.15, 0.2) is 0 Å². The lowest BCUT2D eigenvalue weighted by Gasteiger charge is -2.12. The van der Waals surface area contributed by atoms with Gasteiger partial charge in [-0.3, -0.25) is 4.98 Å². The first-order chi connectivity index (χ1) is 15.1. The quantitative estimate of drug-likeness (QED) is 0.522. The Balaban J connectivity index is 1.78. The summed E-state index contributed by atoms with van der Waals surface area (Å²) in [7, 11) is 1.55. The van der Waals surface area contributed by atoms with Crippen LogP contribution in [0.3, 0.4) is 0 Å². The van der Waals surface area contributed by atoms with Crippen LogP contribution in [0.25, 0.3) is 33.5 Å². The molecule has 3 heterocycles. The van der Waals surface area contributed by atoms with Crippen molar-refractivity contribution in [1.82, 2.24) is 19.7 Å². The van der Waals surface area contributed by atoms with Crippen LogP contribution in [-0.4, -0.2) is 43.2 Å². The number of rotatable bonds is 4. The van der Waals surface area contributed by atoms with Crippen LogP contribution in [-0.2, 0) is 19.4 Å². The van der Waals surface area contributed by atoms with E-state index in [1.807, 2.05) is 12.1 Å². The summed E-state index contributed by atoms with van der Waals surface area (Å²) in [5.74, 6) is 0.496. The molecule has 0 aliphatic heterocycles. The van der Waals surface area contributed by atoms with E-state index in [1.165, 1.54) is 11.1 Å². The normalized spacial score (nSPS) is 12.8. The highest BCUT2D eigenvalue weighted by atomic mass is 16.5. The minimum atomic E-state index is -1.21. The van der Waals surface area contributed by atoms with Crippen LogP contribution in [0.4, 0.5) is 4.79 Å². The second-order valence-electron chi connectivity index (χ2n) is 7.44. The Morgan fingerprint density at radius 2 is 2.06 bits per heavy atom. The van der Waals surface area contributed by atoms with Gasteiger partial charge < -0.3 is 14.9 Å². The smallest absolute Gasteiger partial charge is 0.432 e. The molecule has 0 saturated carbocycles. The van der Waals surface area contributed by atoms with Crippen LogP contribution >= 0.6 is 0 Å². The van der Waals surface area contributed by atoms with Crippen LogP contribution in [0, 0.1) is 0 Å². The molecule has 8 heteroatoms. The SMILES string of the molecule is COc1cc2c(nc1-c1cccc3c1CCC3)c(-c1ccc(CO)nc1)nn2C(=O)O. The zero-order valence-corrected chi connectivity index (χ0v) is 16.9. The van der Waals surface area contributed by atoms with Crippen molar-refractivity contribution in [3.63, 3.8) is 0 Å². The van der Waals surface area contributed by atoms with Gasteiger partial charge in [0, 0.05) is 23.4 Å². The van der Waals surface area contributed by atoms with Gasteiger partial charge in [-0.1, -0.05) is 18.2 Å². The molecular formula is C23H20N4O4. The molecule has 5 rings (SSSR count). The van der Waals surface area contributed by atoms with Crippen molar-refractivity contribution < 1.29 is 19.7 Å². The van der Waals surface area contributed by atoms with Crippen molar-refractivity contribution in [2.45, 2.75) is 25.9 Å². The van der Waals surface area contributed by atoms with Crippen LogP contribution in [0.2, 0.25) is 0 Å². The summed E-state index contributed by atoms with van der Waals surface area (Å²) in [6.45, 7) is -0.177. The van der Waals surface area contributed by atoms with E-state index < -0.39 is 6.09 Å². The van der Waals surface area contributed by atoms with Gasteiger partial charge in [0.05, 0.1) is 19.4 Å². The van der Waals surface area contributed by atoms with Gasteiger partial charge in [-0.2, -0.15) is 9.78 Å². The van der Waals surface area contributed by atoms with Gasteiger partial charge in [0.2, 0.25) is 0 Å². The van der Waals surface area contributed by atoms with Gasteiger partial charge in [-0.25, -0.2) is 9.78 Å². The zero-order chi connectivity index (χ0) is 21.5. The van der Waals surface area contributed by atoms with E-state index in [4.69, 9.17) is 9.72 Å². The number of pyridine rings is 2. The van der Waals surface area contributed by atoms with Crippen LogP contribution in [0.1, 0.15) is 23.2 Å². The maximum atomic E-state index is 11.9. The maximum absolute atomic E-state index is 11.9. The number of ether oxygens (including phenoxy) is 1. The van der Waals surface area contributed by atoms with Crippen molar-refractivity contribution in [3.05, 3.63) is 59.4 Å². The molecule has 1 aliphatic carbocycles. The summed E-state index contributed by atoms with van der Waals surface area (Å²) >= 11 is 0. The second kappa shape index (κ2) is 7.48. The number of carbonyl (C=O) groups is 1. The van der Waals surface area contributed by atoms with E-state index >= 15 is 0 Å².